The highest BCUT2D eigenvalue weighted by molar-refractivity contribution is 6.99. The summed E-state index contributed by atoms with van der Waals surface area (Å²) in [5.74, 6) is 10.9. The highest BCUT2D eigenvalue weighted by Crippen LogP contribution is 2.08. The normalized spacial score (nSPS) is 9.79. The van der Waals surface area contributed by atoms with Crippen molar-refractivity contribution < 1.29 is 0 Å². The molecule has 0 aliphatic heterocycles. The average Bonchev–Trinajstić information content (AvgIpc) is 4.32. The molecule has 0 fully saturated rings. The van der Waals surface area contributed by atoms with E-state index in [1.54, 1.807) is 42.2 Å². The summed E-state index contributed by atoms with van der Waals surface area (Å²) in [7, 11) is 17.0. The quantitative estimate of drug-likeness (QED) is 0.206. The maximum Gasteiger partial charge on any atom is 0.147 e. The van der Waals surface area contributed by atoms with E-state index in [4.69, 9.17) is 0 Å². The van der Waals surface area contributed by atoms with E-state index in [9.17, 15) is 0 Å². The van der Waals surface area contributed by atoms with E-state index in [-0.39, 0.29) is 0 Å². The van der Waals surface area contributed by atoms with Crippen molar-refractivity contribution in [2.75, 3.05) is 0 Å². The smallest absolute Gasteiger partial charge is 0.147 e. The summed E-state index contributed by atoms with van der Waals surface area (Å²) >= 11 is 1.27. The topological polar surface area (TPSA) is 315 Å². The molecule has 78 heavy (non-hydrogen) atoms. The molecule has 0 aliphatic carbocycles. The van der Waals surface area contributed by atoms with Crippen molar-refractivity contribution in [1.29, 1.82) is 0 Å². The van der Waals surface area contributed by atoms with E-state index in [0.29, 0.717) is 0 Å². The fourth-order valence-corrected chi connectivity index (χ4v) is 5.64. The lowest BCUT2D eigenvalue weighted by atomic mass is 10.2. The number of aryl methyl sites for hydroxylation is 23. The molecular formula is C47H84N30S. The Morgan fingerprint density at radius 2 is 0.603 bits per heavy atom. The maximum atomic E-state index is 4.23. The number of hydrogen-bond acceptors (Lipinski definition) is 22. The van der Waals surface area contributed by atoms with Crippen LogP contribution in [0.2, 0.25) is 0 Å². The summed E-state index contributed by atoms with van der Waals surface area (Å²) in [6, 6.07) is 0. The Kier molecular flexibility index (Phi) is 28.7. The summed E-state index contributed by atoms with van der Waals surface area (Å²) < 4.78 is 23.9. The molecule has 31 heteroatoms. The lowest BCUT2D eigenvalue weighted by Crippen LogP contribution is -1.92. The molecule has 0 saturated heterocycles. The van der Waals surface area contributed by atoms with Gasteiger partial charge in [-0.25, -0.2) is 24.3 Å². The van der Waals surface area contributed by atoms with E-state index in [1.165, 1.54) is 23.0 Å². The number of nitrogens with zero attached hydrogens (tertiary/aromatic N) is 30. The van der Waals surface area contributed by atoms with Crippen molar-refractivity contribution in [3.63, 3.8) is 0 Å². The molecule has 0 N–H and O–H groups in total. The van der Waals surface area contributed by atoms with E-state index in [2.05, 4.69) is 120 Å². The Bertz CT molecular complexity index is 2770. The number of tetrazole rings is 2. The zero-order valence-corrected chi connectivity index (χ0v) is 52.1. The first kappa shape index (κ1) is 67.8. The van der Waals surface area contributed by atoms with Crippen LogP contribution in [-0.2, 0) is 63.4 Å². The Balaban J connectivity index is 0.000000434. The second kappa shape index (κ2) is 33.0. The van der Waals surface area contributed by atoms with Gasteiger partial charge >= 0.3 is 0 Å². The highest BCUT2D eigenvalue weighted by atomic mass is 32.1. The molecule has 0 amide bonds. The third kappa shape index (κ3) is 23.7. The van der Waals surface area contributed by atoms with Gasteiger partial charge in [0.2, 0.25) is 0 Å². The van der Waals surface area contributed by atoms with Crippen LogP contribution < -0.4 is 0 Å². The first-order valence-electron chi connectivity index (χ1n) is 24.4. The number of aromatic nitrogens is 30. The van der Waals surface area contributed by atoms with Crippen molar-refractivity contribution in [1.82, 2.24) is 148 Å². The molecular weight excluding hydrogens is 1020 g/mol. The number of rotatable bonds is 0. The van der Waals surface area contributed by atoms with Gasteiger partial charge in [-0.3, -0.25) is 23.4 Å². The van der Waals surface area contributed by atoms with Gasteiger partial charge in [0, 0.05) is 69.1 Å². The average molecular weight is 1100 g/mol. The second-order valence-electron chi connectivity index (χ2n) is 17.6. The standard InChI is InChI=1S/C7H12N2.6C5H9N3.C4H6N2S.2C3H6N4/c1-5-6(2)8-9(4)7(5)3;2*1-4-6-7-5(2)8(4)3;3*1-4-6-5(2)8(3)7-4;1-4-5(2)8(3)7-6-4;1-3-4(2)6-7-5-3;2*1-3-4-5-6-7(3)2/h1-4H3;6*1-3H3;3*1-2H3. The zero-order chi connectivity index (χ0) is 59.7. The first-order chi connectivity index (χ1) is 36.3. The molecule has 10 aromatic heterocycles. The summed E-state index contributed by atoms with van der Waals surface area (Å²) in [6.07, 6.45) is 0. The van der Waals surface area contributed by atoms with Crippen molar-refractivity contribution in [2.24, 2.45) is 63.4 Å². The van der Waals surface area contributed by atoms with Crippen LogP contribution in [0.5, 0.6) is 0 Å². The lowest BCUT2D eigenvalue weighted by Gasteiger charge is -1.90. The maximum absolute atomic E-state index is 4.23. The van der Waals surface area contributed by atoms with Crippen molar-refractivity contribution in [2.45, 2.75) is 132 Å². The van der Waals surface area contributed by atoms with Gasteiger partial charge in [0.1, 0.15) is 69.9 Å². The van der Waals surface area contributed by atoms with E-state index >= 15 is 0 Å². The van der Waals surface area contributed by atoms with Gasteiger partial charge < -0.3 is 9.13 Å². The minimum absolute atomic E-state index is 0.833. The highest BCUT2D eigenvalue weighted by Gasteiger charge is 2.02. The third-order valence-electron chi connectivity index (χ3n) is 11.6. The molecule has 0 aliphatic rings. The van der Waals surface area contributed by atoms with Crippen molar-refractivity contribution in [3.8, 4) is 0 Å². The van der Waals surface area contributed by atoms with Gasteiger partial charge in [-0.05, 0) is 158 Å². The van der Waals surface area contributed by atoms with Gasteiger partial charge in [-0.1, -0.05) is 5.21 Å². The Morgan fingerprint density at radius 3 is 0.679 bits per heavy atom. The van der Waals surface area contributed by atoms with Crippen LogP contribution in [0.4, 0.5) is 0 Å². The Morgan fingerprint density at radius 1 is 0.269 bits per heavy atom. The zero-order valence-electron chi connectivity index (χ0n) is 51.3. The summed E-state index contributed by atoms with van der Waals surface area (Å²) in [4.78, 5) is 12.2. The molecule has 30 nitrogen and oxygen atoms in total. The molecule has 0 unspecified atom stereocenters. The Labute approximate surface area is 462 Å². The first-order valence-corrected chi connectivity index (χ1v) is 25.1. The van der Waals surface area contributed by atoms with Gasteiger partial charge in [-0.15, -0.1) is 35.7 Å². The second-order valence-corrected chi connectivity index (χ2v) is 18.2. The number of hydrogen-bond donors (Lipinski definition) is 0. The van der Waals surface area contributed by atoms with Crippen molar-refractivity contribution in [3.05, 3.63) is 110 Å². The fourth-order valence-electron chi connectivity index (χ4n) is 5.09. The van der Waals surface area contributed by atoms with Crippen LogP contribution >= 0.6 is 11.7 Å². The molecule has 10 aromatic rings. The van der Waals surface area contributed by atoms with Crippen LogP contribution in [0.1, 0.15) is 110 Å². The van der Waals surface area contributed by atoms with E-state index in [0.717, 1.165) is 98.4 Å². The van der Waals surface area contributed by atoms with Gasteiger partial charge in [0.15, 0.2) is 0 Å². The third-order valence-corrected chi connectivity index (χ3v) is 12.3. The molecule has 10 rings (SSSR count). The predicted octanol–water partition coefficient (Wildman–Crippen LogP) is 4.13. The summed E-state index contributed by atoms with van der Waals surface area (Å²) in [6.45, 7) is 36.9. The monoisotopic (exact) mass is 1100 g/mol. The van der Waals surface area contributed by atoms with Crippen molar-refractivity contribution >= 4 is 11.7 Å². The lowest BCUT2D eigenvalue weighted by molar-refractivity contribution is 0.695. The molecule has 0 aromatic carbocycles. The van der Waals surface area contributed by atoms with Gasteiger partial charge in [0.05, 0.1) is 40.2 Å². The summed E-state index contributed by atoms with van der Waals surface area (Å²) in [5, 5.41) is 60.3. The molecule has 0 spiro atoms. The van der Waals surface area contributed by atoms with Crippen LogP contribution in [0.3, 0.4) is 0 Å². The van der Waals surface area contributed by atoms with E-state index < -0.39 is 0 Å². The van der Waals surface area contributed by atoms with Gasteiger partial charge in [0.25, 0.3) is 0 Å². The van der Waals surface area contributed by atoms with Crippen LogP contribution in [0, 0.1) is 132 Å². The van der Waals surface area contributed by atoms with Crippen LogP contribution in [0.15, 0.2) is 0 Å². The Hall–Kier alpha value is -8.25. The largest absolute Gasteiger partial charge is 0.319 e. The molecule has 428 valence electrons. The predicted molar refractivity (Wildman–Crippen MR) is 297 cm³/mol. The van der Waals surface area contributed by atoms with E-state index in [1.807, 2.05) is 181 Å². The molecule has 0 saturated carbocycles. The van der Waals surface area contributed by atoms with Crippen LogP contribution in [0.25, 0.3) is 0 Å². The molecule has 0 radical (unpaired) electrons. The SMILES string of the molecule is Cc1nc(C)n(C)n1.Cc1nc(C)n(C)n1.Cc1nc(C)n(C)n1.Cc1nn(C)c(C)c1C.Cc1nnc(C)n1C.Cc1nnc(C)n1C.Cc1nnn(C)c1C.Cc1nnnn1C.Cc1nnnn1C.Cc1nsnc1C. The minimum atomic E-state index is 0.833. The fraction of sp³-hybridized carbons (Fsp3) is 0.596. The van der Waals surface area contributed by atoms with Crippen LogP contribution in [-0.4, -0.2) is 148 Å². The molecule has 10 heterocycles. The summed E-state index contributed by atoms with van der Waals surface area (Å²) in [5.41, 5.74) is 7.92. The molecule has 0 bridgehead atoms. The molecule has 0 atom stereocenters. The van der Waals surface area contributed by atoms with Gasteiger partial charge in [-0.2, -0.15) is 29.1 Å². The minimum Gasteiger partial charge on any atom is -0.319 e.